The summed E-state index contributed by atoms with van der Waals surface area (Å²) in [6.45, 7) is 2.61. The lowest BCUT2D eigenvalue weighted by Gasteiger charge is -2.22. The van der Waals surface area contributed by atoms with Crippen LogP contribution in [0, 0.1) is 23.2 Å². The van der Waals surface area contributed by atoms with E-state index in [0.717, 1.165) is 37.2 Å². The van der Waals surface area contributed by atoms with E-state index >= 15 is 0 Å². The molecular weight excluding hydrogens is 340 g/mol. The van der Waals surface area contributed by atoms with E-state index in [2.05, 4.69) is 11.0 Å². The van der Waals surface area contributed by atoms with Crippen LogP contribution in [-0.2, 0) is 0 Å². The molecule has 2 fully saturated rings. The van der Waals surface area contributed by atoms with Crippen molar-refractivity contribution in [2.24, 2.45) is 11.8 Å². The molecule has 4 rings (SSSR count). The first-order valence-corrected chi connectivity index (χ1v) is 9.47. The molecule has 1 unspecified atom stereocenters. The highest BCUT2D eigenvalue weighted by molar-refractivity contribution is 5.34. The topological polar surface area (TPSA) is 76.7 Å². The first kappa shape index (κ1) is 17.8. The molecule has 0 radical (unpaired) electrons. The van der Waals surface area contributed by atoms with Gasteiger partial charge in [-0.15, -0.1) is 0 Å². The fraction of sp³-hybridized carbons (Fsp3) is 0.409. The Morgan fingerprint density at radius 3 is 2.26 bits per heavy atom. The summed E-state index contributed by atoms with van der Waals surface area (Å²) in [4.78, 5) is 2.34. The number of hydrogen-bond donors (Lipinski definition) is 2. The predicted octanol–water partition coefficient (Wildman–Crippen LogP) is 3.09. The fourth-order valence-electron chi connectivity index (χ4n) is 4.43. The number of benzene rings is 2. The lowest BCUT2D eigenvalue weighted by molar-refractivity contribution is 0.116. The number of phenols is 1. The number of aromatic hydroxyl groups is 1. The van der Waals surface area contributed by atoms with Crippen LogP contribution in [0.15, 0.2) is 48.5 Å². The summed E-state index contributed by atoms with van der Waals surface area (Å²) in [5.74, 6) is 2.27. The average Bonchev–Trinajstić information content (AvgIpc) is 3.20. The van der Waals surface area contributed by atoms with Gasteiger partial charge in [0, 0.05) is 19.6 Å². The van der Waals surface area contributed by atoms with Crippen LogP contribution in [0.2, 0.25) is 0 Å². The van der Waals surface area contributed by atoms with Crippen LogP contribution in [-0.4, -0.2) is 40.9 Å². The third-order valence-corrected chi connectivity index (χ3v) is 5.78. The molecular formula is C22H24N2O3. The van der Waals surface area contributed by atoms with Crippen LogP contribution in [0.25, 0.3) is 0 Å². The smallest absolute Gasteiger partial charge is 0.119 e. The van der Waals surface area contributed by atoms with Gasteiger partial charge in [0.05, 0.1) is 23.8 Å². The number of rotatable bonds is 5. The predicted molar refractivity (Wildman–Crippen MR) is 101 cm³/mol. The third kappa shape index (κ3) is 4.08. The van der Waals surface area contributed by atoms with E-state index in [4.69, 9.17) is 10.00 Å². The Bertz CT molecular complexity index is 799. The Balaban J connectivity index is 1.27. The van der Waals surface area contributed by atoms with E-state index < -0.39 is 6.10 Å². The second-order valence-electron chi connectivity index (χ2n) is 7.69. The molecule has 0 spiro atoms. The lowest BCUT2D eigenvalue weighted by Crippen LogP contribution is -2.28. The van der Waals surface area contributed by atoms with Crippen LogP contribution in [0.1, 0.15) is 30.1 Å². The molecule has 2 aliphatic rings. The number of ether oxygens (including phenoxy) is 1. The molecule has 140 valence electrons. The fourth-order valence-corrected chi connectivity index (χ4v) is 4.43. The highest BCUT2D eigenvalue weighted by Gasteiger charge is 2.42. The number of likely N-dealkylation sites (tertiary alicyclic amines) is 1. The first-order valence-electron chi connectivity index (χ1n) is 9.47. The SMILES string of the molecule is N#Cc1ccc(O[C@@H]2C[C@@H]3CN(CC(O)c4ccc(O)cc4)C[C@@H]3C2)cc1. The van der Waals surface area contributed by atoms with Gasteiger partial charge in [-0.05, 0) is 66.6 Å². The van der Waals surface area contributed by atoms with Gasteiger partial charge >= 0.3 is 0 Å². The normalized spacial score (nSPS) is 25.7. The van der Waals surface area contributed by atoms with Crippen LogP contribution in [0.4, 0.5) is 0 Å². The molecule has 1 heterocycles. The van der Waals surface area contributed by atoms with E-state index in [1.54, 1.807) is 36.4 Å². The number of aliphatic hydroxyl groups excluding tert-OH is 1. The second kappa shape index (κ2) is 7.59. The van der Waals surface area contributed by atoms with Gasteiger partial charge in [-0.1, -0.05) is 12.1 Å². The first-order chi connectivity index (χ1) is 13.1. The molecule has 1 saturated carbocycles. The van der Waals surface area contributed by atoms with E-state index in [1.807, 2.05) is 12.1 Å². The average molecular weight is 364 g/mol. The van der Waals surface area contributed by atoms with Crippen molar-refractivity contribution in [3.05, 3.63) is 59.7 Å². The van der Waals surface area contributed by atoms with Gasteiger partial charge < -0.3 is 14.9 Å². The van der Waals surface area contributed by atoms with Crippen molar-refractivity contribution in [2.75, 3.05) is 19.6 Å². The zero-order chi connectivity index (χ0) is 18.8. The largest absolute Gasteiger partial charge is 0.508 e. The minimum atomic E-state index is -0.532. The molecule has 2 aromatic rings. The van der Waals surface area contributed by atoms with Gasteiger partial charge in [0.2, 0.25) is 0 Å². The molecule has 1 aliphatic heterocycles. The quantitative estimate of drug-likeness (QED) is 0.853. The maximum atomic E-state index is 10.5. The highest BCUT2D eigenvalue weighted by Crippen LogP contribution is 2.40. The van der Waals surface area contributed by atoms with Crippen LogP contribution >= 0.6 is 0 Å². The summed E-state index contributed by atoms with van der Waals surface area (Å²) in [5.41, 5.74) is 1.49. The Hall–Kier alpha value is -2.55. The summed E-state index contributed by atoms with van der Waals surface area (Å²) in [5, 5.41) is 28.7. The molecule has 0 bridgehead atoms. The Morgan fingerprint density at radius 1 is 1.04 bits per heavy atom. The maximum Gasteiger partial charge on any atom is 0.119 e. The number of aliphatic hydroxyl groups is 1. The number of fused-ring (bicyclic) bond motifs is 1. The minimum absolute atomic E-state index is 0.218. The minimum Gasteiger partial charge on any atom is -0.508 e. The van der Waals surface area contributed by atoms with Crippen molar-refractivity contribution in [3.63, 3.8) is 0 Å². The van der Waals surface area contributed by atoms with Crippen molar-refractivity contribution in [1.82, 2.24) is 4.90 Å². The summed E-state index contributed by atoms with van der Waals surface area (Å²) in [6.07, 6.45) is 1.78. The van der Waals surface area contributed by atoms with Crippen LogP contribution in [0.5, 0.6) is 11.5 Å². The van der Waals surface area contributed by atoms with Crippen molar-refractivity contribution < 1.29 is 14.9 Å². The molecule has 1 aliphatic carbocycles. The van der Waals surface area contributed by atoms with Gasteiger partial charge in [0.15, 0.2) is 0 Å². The molecule has 0 amide bonds. The Kier molecular flexibility index (Phi) is 5.02. The number of nitrogens with zero attached hydrogens (tertiary/aromatic N) is 2. The van der Waals surface area contributed by atoms with Crippen LogP contribution < -0.4 is 4.74 Å². The number of β-amino-alcohol motifs (C(OH)–C–C–N with tert-alkyl or cyclic N) is 1. The zero-order valence-corrected chi connectivity index (χ0v) is 15.2. The van der Waals surface area contributed by atoms with Crippen LogP contribution in [0.3, 0.4) is 0 Å². The van der Waals surface area contributed by atoms with Gasteiger partial charge in [-0.3, -0.25) is 4.90 Å². The van der Waals surface area contributed by atoms with Gasteiger partial charge in [0.25, 0.3) is 0 Å². The van der Waals surface area contributed by atoms with Gasteiger partial charge in [-0.2, -0.15) is 5.26 Å². The molecule has 0 aromatic heterocycles. The standard InChI is InChI=1S/C22H24N2O3/c23-11-15-1-7-20(8-2-15)27-21-9-17-12-24(13-18(17)10-21)14-22(26)16-3-5-19(25)6-4-16/h1-8,17-18,21-22,25-26H,9-10,12-14H2/t17-,18+,21-,22?. The molecule has 5 nitrogen and oxygen atoms in total. The monoisotopic (exact) mass is 364 g/mol. The number of phenolic OH excluding ortho intramolecular Hbond substituents is 1. The molecule has 2 N–H and O–H groups in total. The second-order valence-corrected chi connectivity index (χ2v) is 7.69. The van der Waals surface area contributed by atoms with Crippen molar-refractivity contribution in [1.29, 1.82) is 5.26 Å². The van der Waals surface area contributed by atoms with Crippen molar-refractivity contribution >= 4 is 0 Å². The van der Waals surface area contributed by atoms with E-state index in [0.29, 0.717) is 23.9 Å². The van der Waals surface area contributed by atoms with E-state index in [9.17, 15) is 10.2 Å². The van der Waals surface area contributed by atoms with Gasteiger partial charge in [-0.25, -0.2) is 0 Å². The number of nitriles is 1. The van der Waals surface area contributed by atoms with Crippen molar-refractivity contribution in [2.45, 2.75) is 25.0 Å². The summed E-state index contributed by atoms with van der Waals surface area (Å²) in [6, 6.07) is 16.2. The Labute approximate surface area is 159 Å². The summed E-state index contributed by atoms with van der Waals surface area (Å²) < 4.78 is 6.11. The molecule has 27 heavy (non-hydrogen) atoms. The van der Waals surface area contributed by atoms with Crippen molar-refractivity contribution in [3.8, 4) is 17.6 Å². The molecule has 4 atom stereocenters. The zero-order valence-electron chi connectivity index (χ0n) is 15.2. The highest BCUT2D eigenvalue weighted by atomic mass is 16.5. The summed E-state index contributed by atoms with van der Waals surface area (Å²) in [7, 11) is 0. The molecule has 1 saturated heterocycles. The van der Waals surface area contributed by atoms with E-state index in [-0.39, 0.29) is 11.9 Å². The maximum absolute atomic E-state index is 10.5. The molecule has 5 heteroatoms. The summed E-state index contributed by atoms with van der Waals surface area (Å²) >= 11 is 0. The Morgan fingerprint density at radius 2 is 1.67 bits per heavy atom. The lowest BCUT2D eigenvalue weighted by atomic mass is 10.0. The number of hydrogen-bond acceptors (Lipinski definition) is 5. The van der Waals surface area contributed by atoms with Gasteiger partial charge in [0.1, 0.15) is 11.5 Å². The van der Waals surface area contributed by atoms with E-state index in [1.165, 1.54) is 0 Å². The third-order valence-electron chi connectivity index (χ3n) is 5.78. The molecule has 2 aromatic carbocycles.